The molecule has 0 saturated heterocycles. The molecule has 2 aliphatic carbocycles. The maximum atomic E-state index is 12.8. The van der Waals surface area contributed by atoms with Crippen LogP contribution in [0.5, 0.6) is 5.75 Å². The number of ketones is 1. The van der Waals surface area contributed by atoms with Gasteiger partial charge in [0.25, 0.3) is 0 Å². The van der Waals surface area contributed by atoms with Gasteiger partial charge < -0.3 is 15.2 Å². The van der Waals surface area contributed by atoms with E-state index in [2.05, 4.69) is 24.4 Å². The average molecular weight is 400 g/mol. The Balaban J connectivity index is 1.34. The van der Waals surface area contributed by atoms with Crippen molar-refractivity contribution in [3.05, 3.63) is 50.7 Å². The molecule has 1 aromatic carbocycles. The maximum absolute atomic E-state index is 12.8. The summed E-state index contributed by atoms with van der Waals surface area (Å²) in [5, 5.41) is 14.2. The van der Waals surface area contributed by atoms with Crippen molar-refractivity contribution in [3.8, 4) is 5.75 Å². The minimum Gasteiger partial charge on any atom is -0.487 e. The summed E-state index contributed by atoms with van der Waals surface area (Å²) in [4.78, 5) is 15.2. The number of thiophene rings is 1. The van der Waals surface area contributed by atoms with Crippen LogP contribution in [0.1, 0.15) is 50.5 Å². The standard InChI is InChI=1S/C23H29NO3S/c1-13-4-5-14(2)20(10-13)27-19-8-7-18(23(19)26)24-12-16-6-9-21-17(22(16)25)11-15(3)28-21/h4-5,10-11,16,18-19,23-24,26H,6-9,12H2,1-3H3. The zero-order valence-corrected chi connectivity index (χ0v) is 17.6. The molecule has 4 atom stereocenters. The molecular formula is C23H29NO3S. The SMILES string of the molecule is Cc1ccc(C)c(OC2CCC(NCC3CCc4sc(C)cc4C3=O)C2O)c1. The summed E-state index contributed by atoms with van der Waals surface area (Å²) >= 11 is 1.75. The van der Waals surface area contributed by atoms with Crippen molar-refractivity contribution in [2.45, 2.75) is 64.7 Å². The summed E-state index contributed by atoms with van der Waals surface area (Å²) in [6, 6.07) is 8.17. The molecule has 28 heavy (non-hydrogen) atoms. The summed E-state index contributed by atoms with van der Waals surface area (Å²) in [5.41, 5.74) is 3.16. The van der Waals surface area contributed by atoms with Gasteiger partial charge in [-0.2, -0.15) is 0 Å². The molecule has 0 spiro atoms. The molecule has 0 aliphatic heterocycles. The fourth-order valence-electron chi connectivity index (χ4n) is 4.39. The first-order valence-corrected chi connectivity index (χ1v) is 11.0. The Morgan fingerprint density at radius 1 is 1.18 bits per heavy atom. The van der Waals surface area contributed by atoms with E-state index in [0.29, 0.717) is 6.54 Å². The second-order valence-corrected chi connectivity index (χ2v) is 9.64. The molecule has 2 N–H and O–H groups in total. The lowest BCUT2D eigenvalue weighted by molar-refractivity contribution is 0.0438. The van der Waals surface area contributed by atoms with Gasteiger partial charge in [-0.1, -0.05) is 12.1 Å². The largest absolute Gasteiger partial charge is 0.487 e. The second-order valence-electron chi connectivity index (χ2n) is 8.30. The smallest absolute Gasteiger partial charge is 0.168 e. The molecule has 4 rings (SSSR count). The third kappa shape index (κ3) is 3.88. The Kier molecular flexibility index (Phi) is 5.59. The topological polar surface area (TPSA) is 58.6 Å². The molecule has 1 aromatic heterocycles. The molecule has 150 valence electrons. The van der Waals surface area contributed by atoms with Crippen molar-refractivity contribution in [3.63, 3.8) is 0 Å². The van der Waals surface area contributed by atoms with Crippen molar-refractivity contribution in [1.29, 1.82) is 0 Å². The Morgan fingerprint density at radius 2 is 2.00 bits per heavy atom. The lowest BCUT2D eigenvalue weighted by Gasteiger charge is -2.26. The molecular weight excluding hydrogens is 370 g/mol. The highest BCUT2D eigenvalue weighted by atomic mass is 32.1. The van der Waals surface area contributed by atoms with Gasteiger partial charge >= 0.3 is 0 Å². The third-order valence-electron chi connectivity index (χ3n) is 6.09. The van der Waals surface area contributed by atoms with E-state index >= 15 is 0 Å². The van der Waals surface area contributed by atoms with Gasteiger partial charge in [-0.3, -0.25) is 4.79 Å². The van der Waals surface area contributed by atoms with E-state index < -0.39 is 6.10 Å². The Hall–Kier alpha value is -1.69. The van der Waals surface area contributed by atoms with Gasteiger partial charge in [-0.05, 0) is 69.7 Å². The van der Waals surface area contributed by atoms with E-state index in [9.17, 15) is 9.90 Å². The van der Waals surface area contributed by atoms with Crippen LogP contribution in [0.4, 0.5) is 0 Å². The van der Waals surface area contributed by atoms with E-state index in [4.69, 9.17) is 4.74 Å². The van der Waals surface area contributed by atoms with Crippen molar-refractivity contribution < 1.29 is 14.6 Å². The fraction of sp³-hybridized carbons (Fsp3) is 0.522. The van der Waals surface area contributed by atoms with Crippen molar-refractivity contribution >= 4 is 17.1 Å². The number of ether oxygens (including phenoxy) is 1. The number of hydrogen-bond donors (Lipinski definition) is 2. The number of aliphatic hydroxyl groups excluding tert-OH is 1. The summed E-state index contributed by atoms with van der Waals surface area (Å²) in [7, 11) is 0. The normalized spacial score (nSPS) is 27.1. The number of hydrogen-bond acceptors (Lipinski definition) is 5. The first-order chi connectivity index (χ1) is 13.4. The molecule has 1 fully saturated rings. The Bertz CT molecular complexity index is 875. The highest BCUT2D eigenvalue weighted by Gasteiger charge is 2.37. The van der Waals surface area contributed by atoms with Crippen LogP contribution in [0, 0.1) is 26.7 Å². The molecule has 4 nitrogen and oxygen atoms in total. The number of rotatable bonds is 5. The van der Waals surface area contributed by atoms with Crippen molar-refractivity contribution in [2.75, 3.05) is 6.54 Å². The molecule has 0 amide bonds. The molecule has 1 heterocycles. The fourth-order valence-corrected chi connectivity index (χ4v) is 5.45. The lowest BCUT2D eigenvalue weighted by atomic mass is 9.87. The highest BCUT2D eigenvalue weighted by molar-refractivity contribution is 7.12. The van der Waals surface area contributed by atoms with Gasteiger partial charge in [0, 0.05) is 33.8 Å². The quantitative estimate of drug-likeness (QED) is 0.798. The zero-order chi connectivity index (χ0) is 19.8. The van der Waals surface area contributed by atoms with E-state index in [0.717, 1.165) is 48.1 Å². The zero-order valence-electron chi connectivity index (χ0n) is 16.8. The van der Waals surface area contributed by atoms with E-state index in [1.807, 2.05) is 26.0 Å². The number of aryl methyl sites for hydroxylation is 4. The number of fused-ring (bicyclic) bond motifs is 1. The monoisotopic (exact) mass is 399 g/mol. The van der Waals surface area contributed by atoms with Crippen molar-refractivity contribution in [2.24, 2.45) is 5.92 Å². The number of benzene rings is 1. The minimum atomic E-state index is -0.558. The summed E-state index contributed by atoms with van der Waals surface area (Å²) < 4.78 is 6.14. The molecule has 2 aliphatic rings. The molecule has 5 heteroatoms. The molecule has 0 bridgehead atoms. The number of carbonyl (C=O) groups excluding carboxylic acids is 1. The van der Waals surface area contributed by atoms with Crippen LogP contribution in [0.2, 0.25) is 0 Å². The van der Waals surface area contributed by atoms with Crippen LogP contribution >= 0.6 is 11.3 Å². The Labute approximate surface area is 170 Å². The van der Waals surface area contributed by atoms with Crippen LogP contribution in [0.25, 0.3) is 0 Å². The number of aliphatic hydroxyl groups is 1. The van der Waals surface area contributed by atoms with Gasteiger partial charge in [0.1, 0.15) is 18.0 Å². The van der Waals surface area contributed by atoms with Gasteiger partial charge in [0.2, 0.25) is 0 Å². The first-order valence-electron chi connectivity index (χ1n) is 10.2. The summed E-state index contributed by atoms with van der Waals surface area (Å²) in [6.07, 6.45) is 2.80. The van der Waals surface area contributed by atoms with E-state index in [1.54, 1.807) is 11.3 Å². The predicted molar refractivity (Wildman–Crippen MR) is 113 cm³/mol. The van der Waals surface area contributed by atoms with Crippen LogP contribution in [-0.4, -0.2) is 35.7 Å². The van der Waals surface area contributed by atoms with Gasteiger partial charge in [0.05, 0.1) is 0 Å². The lowest BCUT2D eigenvalue weighted by Crippen LogP contribution is -2.44. The van der Waals surface area contributed by atoms with Crippen molar-refractivity contribution in [1.82, 2.24) is 5.32 Å². The van der Waals surface area contributed by atoms with Gasteiger partial charge in [0.15, 0.2) is 5.78 Å². The predicted octanol–water partition coefficient (Wildman–Crippen LogP) is 3.98. The average Bonchev–Trinajstić information content (AvgIpc) is 3.21. The molecule has 0 radical (unpaired) electrons. The number of nitrogens with one attached hydrogen (secondary N) is 1. The van der Waals surface area contributed by atoms with Crippen LogP contribution in [0.15, 0.2) is 24.3 Å². The number of Topliss-reactive ketones (excluding diaryl/α,β-unsaturated/α-hetero) is 1. The van der Waals surface area contributed by atoms with Crippen LogP contribution in [-0.2, 0) is 6.42 Å². The molecule has 2 aromatic rings. The third-order valence-corrected chi connectivity index (χ3v) is 7.20. The van der Waals surface area contributed by atoms with E-state index in [1.165, 1.54) is 9.75 Å². The second kappa shape index (κ2) is 7.97. The Morgan fingerprint density at radius 3 is 2.82 bits per heavy atom. The van der Waals surface area contributed by atoms with E-state index in [-0.39, 0.29) is 23.8 Å². The summed E-state index contributed by atoms with van der Waals surface area (Å²) in [5.74, 6) is 1.12. The molecule has 1 saturated carbocycles. The van der Waals surface area contributed by atoms with Gasteiger partial charge in [-0.15, -0.1) is 11.3 Å². The molecule has 4 unspecified atom stereocenters. The maximum Gasteiger partial charge on any atom is 0.168 e. The minimum absolute atomic E-state index is 0.00712. The number of carbonyl (C=O) groups is 1. The first kappa shape index (κ1) is 19.6. The van der Waals surface area contributed by atoms with Crippen LogP contribution < -0.4 is 10.1 Å². The van der Waals surface area contributed by atoms with Crippen LogP contribution in [0.3, 0.4) is 0 Å². The van der Waals surface area contributed by atoms with Gasteiger partial charge in [-0.25, -0.2) is 0 Å². The summed E-state index contributed by atoms with van der Waals surface area (Å²) in [6.45, 7) is 6.77. The highest BCUT2D eigenvalue weighted by Crippen LogP contribution is 2.32.